The van der Waals surface area contributed by atoms with Crippen molar-refractivity contribution in [3.05, 3.63) is 60.2 Å². The van der Waals surface area contributed by atoms with Crippen molar-refractivity contribution in [2.45, 2.75) is 0 Å². The van der Waals surface area contributed by atoms with Crippen molar-refractivity contribution in [1.29, 1.82) is 0 Å². The summed E-state index contributed by atoms with van der Waals surface area (Å²) in [6.07, 6.45) is 0. The van der Waals surface area contributed by atoms with Gasteiger partial charge in [0.05, 0.1) is 5.69 Å². The van der Waals surface area contributed by atoms with E-state index in [1.165, 1.54) is 0 Å². The molecule has 0 aliphatic heterocycles. The zero-order chi connectivity index (χ0) is 14.5. The highest BCUT2D eigenvalue weighted by Crippen LogP contribution is 2.14. The zero-order valence-electron chi connectivity index (χ0n) is 12.0. The number of hydrogen-bond donors (Lipinski definition) is 1. The first kappa shape index (κ1) is 13.9. The largest absolute Gasteiger partial charge is 0.378 e. The maximum Gasteiger partial charge on any atom is 0.269 e. The van der Waals surface area contributed by atoms with Crippen molar-refractivity contribution in [2.75, 3.05) is 31.1 Å². The van der Waals surface area contributed by atoms with Gasteiger partial charge in [0, 0.05) is 32.4 Å². The minimum absolute atomic E-state index is 0.125. The first-order valence-electron chi connectivity index (χ1n) is 6.45. The van der Waals surface area contributed by atoms with Crippen molar-refractivity contribution in [1.82, 2.24) is 5.43 Å². The number of carbonyl (C=O) groups is 1. The van der Waals surface area contributed by atoms with E-state index in [1.54, 1.807) is 11.1 Å². The summed E-state index contributed by atoms with van der Waals surface area (Å²) < 4.78 is 0. The molecule has 0 heterocycles. The highest BCUT2D eigenvalue weighted by atomic mass is 16.2. The molecular formula is C16H19N3O. The molecule has 0 aliphatic rings. The van der Waals surface area contributed by atoms with E-state index in [4.69, 9.17) is 0 Å². The maximum atomic E-state index is 12.2. The molecule has 20 heavy (non-hydrogen) atoms. The number of hydrogen-bond acceptors (Lipinski definition) is 3. The van der Waals surface area contributed by atoms with Gasteiger partial charge in [0.1, 0.15) is 0 Å². The van der Waals surface area contributed by atoms with Crippen LogP contribution in [0.3, 0.4) is 0 Å². The second-order valence-electron chi connectivity index (χ2n) is 4.78. The number of carbonyl (C=O) groups excluding carboxylic acids is 1. The Morgan fingerprint density at radius 3 is 2.20 bits per heavy atom. The van der Waals surface area contributed by atoms with Gasteiger partial charge in [-0.1, -0.05) is 24.3 Å². The average Bonchev–Trinajstić information content (AvgIpc) is 2.48. The third-order valence-electron chi connectivity index (χ3n) is 3.04. The molecule has 2 rings (SSSR count). The third-order valence-corrected chi connectivity index (χ3v) is 3.04. The first-order chi connectivity index (χ1) is 9.58. The molecule has 0 fully saturated rings. The Kier molecular flexibility index (Phi) is 4.25. The molecule has 1 amide bonds. The van der Waals surface area contributed by atoms with Crippen molar-refractivity contribution < 1.29 is 4.79 Å². The number of para-hydroxylation sites is 1. The van der Waals surface area contributed by atoms with Gasteiger partial charge >= 0.3 is 0 Å². The monoisotopic (exact) mass is 269 g/mol. The van der Waals surface area contributed by atoms with Gasteiger partial charge in [-0.25, -0.2) is 0 Å². The maximum absolute atomic E-state index is 12.2. The summed E-state index contributed by atoms with van der Waals surface area (Å²) in [6, 6.07) is 17.2. The number of amides is 1. The molecule has 0 aromatic heterocycles. The van der Waals surface area contributed by atoms with Gasteiger partial charge in [-0.05, 0) is 30.3 Å². The summed E-state index contributed by atoms with van der Waals surface area (Å²) in [6.45, 7) is 0. The summed E-state index contributed by atoms with van der Waals surface area (Å²) in [5, 5.41) is 1.71. The smallest absolute Gasteiger partial charge is 0.269 e. The molecule has 0 bridgehead atoms. The molecule has 0 atom stereocenters. The molecular weight excluding hydrogens is 250 g/mol. The Hall–Kier alpha value is -2.49. The Labute approximate surface area is 119 Å². The molecule has 1 N–H and O–H groups in total. The molecule has 0 saturated carbocycles. The summed E-state index contributed by atoms with van der Waals surface area (Å²) in [5.41, 5.74) is 5.43. The summed E-state index contributed by atoms with van der Waals surface area (Å²) >= 11 is 0. The SMILES string of the molecule is CN(C)c1cccc(C(=O)NN(C)c2ccccc2)c1. The van der Waals surface area contributed by atoms with Gasteiger partial charge in [0.15, 0.2) is 0 Å². The van der Waals surface area contributed by atoms with Crippen LogP contribution in [0.15, 0.2) is 54.6 Å². The molecule has 4 nitrogen and oxygen atoms in total. The number of hydrazine groups is 1. The number of anilines is 2. The number of nitrogens with one attached hydrogen (secondary N) is 1. The molecule has 4 heteroatoms. The Bertz CT molecular complexity index is 581. The number of nitrogens with zero attached hydrogens (tertiary/aromatic N) is 2. The van der Waals surface area contributed by atoms with Crippen LogP contribution in [0.4, 0.5) is 11.4 Å². The van der Waals surface area contributed by atoms with Gasteiger partial charge in [-0.2, -0.15) is 0 Å². The fourth-order valence-electron chi connectivity index (χ4n) is 1.86. The zero-order valence-corrected chi connectivity index (χ0v) is 12.0. The molecule has 0 spiro atoms. The molecule has 0 saturated heterocycles. The topological polar surface area (TPSA) is 35.6 Å². The van der Waals surface area contributed by atoms with E-state index in [1.807, 2.05) is 74.6 Å². The quantitative estimate of drug-likeness (QED) is 0.866. The van der Waals surface area contributed by atoms with Crippen LogP contribution in [-0.2, 0) is 0 Å². The summed E-state index contributed by atoms with van der Waals surface area (Å²) in [5.74, 6) is -0.125. The van der Waals surface area contributed by atoms with Crippen LogP contribution in [0, 0.1) is 0 Å². The predicted octanol–water partition coefficient (Wildman–Crippen LogP) is 2.53. The lowest BCUT2D eigenvalue weighted by molar-refractivity contribution is 0.0951. The fraction of sp³-hybridized carbons (Fsp3) is 0.188. The van der Waals surface area contributed by atoms with Gasteiger partial charge in [-0.15, -0.1) is 0 Å². The third kappa shape index (κ3) is 3.29. The Morgan fingerprint density at radius 2 is 1.55 bits per heavy atom. The van der Waals surface area contributed by atoms with E-state index in [-0.39, 0.29) is 5.91 Å². The van der Waals surface area contributed by atoms with E-state index in [2.05, 4.69) is 5.43 Å². The highest BCUT2D eigenvalue weighted by molar-refractivity contribution is 5.95. The summed E-state index contributed by atoms with van der Waals surface area (Å²) in [7, 11) is 5.73. The molecule has 2 aromatic carbocycles. The van der Waals surface area contributed by atoms with Crippen molar-refractivity contribution >= 4 is 17.3 Å². The molecule has 2 aromatic rings. The van der Waals surface area contributed by atoms with Crippen LogP contribution < -0.4 is 15.3 Å². The van der Waals surface area contributed by atoms with Crippen LogP contribution in [0.2, 0.25) is 0 Å². The van der Waals surface area contributed by atoms with Crippen molar-refractivity contribution in [2.24, 2.45) is 0 Å². The molecule has 0 aliphatic carbocycles. The van der Waals surface area contributed by atoms with Crippen molar-refractivity contribution in [3.8, 4) is 0 Å². The lowest BCUT2D eigenvalue weighted by atomic mass is 10.2. The van der Waals surface area contributed by atoms with Gasteiger partial charge < -0.3 is 4.90 Å². The fourth-order valence-corrected chi connectivity index (χ4v) is 1.86. The minimum Gasteiger partial charge on any atom is -0.378 e. The van der Waals surface area contributed by atoms with Crippen LogP contribution in [0.5, 0.6) is 0 Å². The number of rotatable bonds is 4. The van der Waals surface area contributed by atoms with Crippen molar-refractivity contribution in [3.63, 3.8) is 0 Å². The second-order valence-corrected chi connectivity index (χ2v) is 4.78. The van der Waals surface area contributed by atoms with Gasteiger partial charge in [0.25, 0.3) is 5.91 Å². The van der Waals surface area contributed by atoms with E-state index in [0.717, 1.165) is 11.4 Å². The standard InChI is InChI=1S/C16H19N3O/c1-18(2)15-11-7-8-13(12-15)16(20)17-19(3)14-9-5-4-6-10-14/h4-12H,1-3H3,(H,17,20). The number of benzene rings is 2. The lowest BCUT2D eigenvalue weighted by Crippen LogP contribution is -2.39. The second kappa shape index (κ2) is 6.10. The highest BCUT2D eigenvalue weighted by Gasteiger charge is 2.09. The molecule has 0 radical (unpaired) electrons. The lowest BCUT2D eigenvalue weighted by Gasteiger charge is -2.20. The predicted molar refractivity (Wildman–Crippen MR) is 83.1 cm³/mol. The van der Waals surface area contributed by atoms with E-state index in [0.29, 0.717) is 5.56 Å². The summed E-state index contributed by atoms with van der Waals surface area (Å²) in [4.78, 5) is 14.2. The average molecular weight is 269 g/mol. The van der Waals surface area contributed by atoms with Crippen LogP contribution in [-0.4, -0.2) is 27.1 Å². The van der Waals surface area contributed by atoms with E-state index < -0.39 is 0 Å². The van der Waals surface area contributed by atoms with Gasteiger partial charge in [-0.3, -0.25) is 15.2 Å². The van der Waals surface area contributed by atoms with Gasteiger partial charge in [0.2, 0.25) is 0 Å². The molecule has 0 unspecified atom stereocenters. The van der Waals surface area contributed by atoms with E-state index in [9.17, 15) is 4.79 Å². The molecule has 104 valence electrons. The van der Waals surface area contributed by atoms with Crippen LogP contribution in [0.25, 0.3) is 0 Å². The first-order valence-corrected chi connectivity index (χ1v) is 6.45. The van der Waals surface area contributed by atoms with Crippen LogP contribution >= 0.6 is 0 Å². The normalized spacial score (nSPS) is 9.95. The van der Waals surface area contributed by atoms with Crippen LogP contribution in [0.1, 0.15) is 10.4 Å². The Balaban J connectivity index is 2.10. The van der Waals surface area contributed by atoms with E-state index >= 15 is 0 Å². The Morgan fingerprint density at radius 1 is 0.900 bits per heavy atom. The minimum atomic E-state index is -0.125.